The van der Waals surface area contributed by atoms with Crippen molar-refractivity contribution in [2.75, 3.05) is 18.4 Å². The Labute approximate surface area is 204 Å². The van der Waals surface area contributed by atoms with Crippen LogP contribution in [0.1, 0.15) is 46.1 Å². The summed E-state index contributed by atoms with van der Waals surface area (Å²) in [6.45, 7) is 8.95. The minimum Gasteiger partial charge on any atom is -0.346 e. The van der Waals surface area contributed by atoms with E-state index in [1.165, 1.54) is 0 Å². The van der Waals surface area contributed by atoms with Crippen LogP contribution >= 0.6 is 0 Å². The predicted octanol–water partition coefficient (Wildman–Crippen LogP) is 3.97. The van der Waals surface area contributed by atoms with Crippen LogP contribution in [-0.4, -0.2) is 51.4 Å². The maximum Gasteiger partial charge on any atom is 0.262 e. The summed E-state index contributed by atoms with van der Waals surface area (Å²) in [5.41, 5.74) is 3.25. The highest BCUT2D eigenvalue weighted by molar-refractivity contribution is 6.14. The fraction of sp³-hybridized carbons (Fsp3) is 0.444. The third-order valence-electron chi connectivity index (χ3n) is 6.89. The molecule has 35 heavy (non-hydrogen) atoms. The van der Waals surface area contributed by atoms with Gasteiger partial charge < -0.3 is 15.2 Å². The van der Waals surface area contributed by atoms with Crippen LogP contribution in [0, 0.1) is 23.2 Å². The lowest BCUT2D eigenvalue weighted by atomic mass is 9.86. The third kappa shape index (κ3) is 4.57. The summed E-state index contributed by atoms with van der Waals surface area (Å²) < 4.78 is 0. The maximum atomic E-state index is 13.2. The van der Waals surface area contributed by atoms with Crippen molar-refractivity contribution in [2.24, 2.45) is 28.2 Å². The van der Waals surface area contributed by atoms with Crippen LogP contribution in [0.15, 0.2) is 41.6 Å². The zero-order valence-electron chi connectivity index (χ0n) is 20.6. The van der Waals surface area contributed by atoms with Gasteiger partial charge in [0.05, 0.1) is 0 Å². The van der Waals surface area contributed by atoms with Crippen LogP contribution in [-0.2, 0) is 14.4 Å². The molecular formula is C27H31N5O3. The van der Waals surface area contributed by atoms with Crippen molar-refractivity contribution in [3.63, 3.8) is 0 Å². The minimum atomic E-state index is -0.871. The molecule has 0 radical (unpaired) electrons. The molecule has 8 nitrogen and oxygen atoms in total. The van der Waals surface area contributed by atoms with Crippen LogP contribution in [0.25, 0.3) is 16.6 Å². The number of hydrogen-bond acceptors (Lipinski definition) is 4. The molecule has 0 saturated heterocycles. The number of fused-ring (bicyclic) bond motifs is 1. The van der Waals surface area contributed by atoms with Crippen molar-refractivity contribution < 1.29 is 14.4 Å². The molecular weight excluding hydrogens is 442 g/mol. The van der Waals surface area contributed by atoms with E-state index < -0.39 is 11.8 Å². The van der Waals surface area contributed by atoms with Crippen molar-refractivity contribution in [3.8, 4) is 0 Å². The van der Waals surface area contributed by atoms with Gasteiger partial charge in [0.25, 0.3) is 5.91 Å². The van der Waals surface area contributed by atoms with E-state index in [1.54, 1.807) is 17.1 Å². The number of nitrogens with zero attached hydrogens (tertiary/aromatic N) is 3. The van der Waals surface area contributed by atoms with Crippen LogP contribution < -0.4 is 5.32 Å². The Morgan fingerprint density at radius 1 is 1.23 bits per heavy atom. The first-order valence-corrected chi connectivity index (χ1v) is 12.2. The molecule has 1 aliphatic carbocycles. The molecule has 182 valence electrons. The number of amides is 3. The summed E-state index contributed by atoms with van der Waals surface area (Å²) in [5, 5.41) is 3.92. The Morgan fingerprint density at radius 2 is 2.00 bits per heavy atom. The summed E-state index contributed by atoms with van der Waals surface area (Å²) in [4.78, 5) is 51.8. The molecule has 8 heteroatoms. The lowest BCUT2D eigenvalue weighted by molar-refractivity contribution is -0.139. The smallest absolute Gasteiger partial charge is 0.262 e. The summed E-state index contributed by atoms with van der Waals surface area (Å²) in [7, 11) is 0. The van der Waals surface area contributed by atoms with E-state index in [0.29, 0.717) is 30.3 Å². The number of aromatic amines is 1. The molecule has 1 saturated carbocycles. The highest BCUT2D eigenvalue weighted by Gasteiger charge is 2.35. The molecule has 3 aliphatic rings. The van der Waals surface area contributed by atoms with E-state index in [-0.39, 0.29) is 29.1 Å². The van der Waals surface area contributed by atoms with Crippen LogP contribution in [0.5, 0.6) is 0 Å². The van der Waals surface area contributed by atoms with Gasteiger partial charge in [-0.15, -0.1) is 0 Å². The number of H-pyrrole nitrogens is 1. The normalized spacial score (nSPS) is 22.7. The molecule has 2 unspecified atom stereocenters. The number of aromatic nitrogens is 2. The molecule has 0 spiro atoms. The second-order valence-electron chi connectivity index (χ2n) is 10.8. The van der Waals surface area contributed by atoms with Crippen molar-refractivity contribution >= 4 is 45.9 Å². The summed E-state index contributed by atoms with van der Waals surface area (Å²) >= 11 is 0. The highest BCUT2D eigenvalue weighted by atomic mass is 16.2. The summed E-state index contributed by atoms with van der Waals surface area (Å²) in [6, 6.07) is 3.90. The Morgan fingerprint density at radius 3 is 2.66 bits per heavy atom. The van der Waals surface area contributed by atoms with Crippen molar-refractivity contribution in [2.45, 2.75) is 40.5 Å². The van der Waals surface area contributed by atoms with Gasteiger partial charge in [0.1, 0.15) is 17.4 Å². The highest BCUT2D eigenvalue weighted by Crippen LogP contribution is 2.35. The van der Waals surface area contributed by atoms with Gasteiger partial charge in [-0.3, -0.25) is 14.4 Å². The molecule has 0 aromatic carbocycles. The first-order valence-electron chi connectivity index (χ1n) is 12.2. The molecule has 5 rings (SSSR count). The van der Waals surface area contributed by atoms with Gasteiger partial charge in [0, 0.05) is 41.7 Å². The molecule has 2 aromatic heterocycles. The molecule has 4 heterocycles. The second-order valence-corrected chi connectivity index (χ2v) is 10.8. The van der Waals surface area contributed by atoms with Gasteiger partial charge in [-0.05, 0) is 48.1 Å². The quantitative estimate of drug-likeness (QED) is 0.655. The second kappa shape index (κ2) is 8.59. The molecule has 2 N–H and O–H groups in total. The Balaban J connectivity index is 1.37. The Hall–Kier alpha value is -3.55. The molecule has 1 fully saturated rings. The van der Waals surface area contributed by atoms with Crippen LogP contribution in [0.3, 0.4) is 0 Å². The number of allylic oxidation sites excluding steroid dienone is 1. The lowest BCUT2D eigenvalue weighted by Gasteiger charge is -2.33. The maximum absolute atomic E-state index is 13.2. The Bertz CT molecular complexity index is 1310. The first kappa shape index (κ1) is 23.2. The van der Waals surface area contributed by atoms with Gasteiger partial charge in [-0.1, -0.05) is 39.8 Å². The average molecular weight is 474 g/mol. The molecule has 2 atom stereocenters. The number of rotatable bonds is 4. The van der Waals surface area contributed by atoms with E-state index >= 15 is 0 Å². The van der Waals surface area contributed by atoms with Gasteiger partial charge in [-0.2, -0.15) is 0 Å². The van der Waals surface area contributed by atoms with E-state index in [9.17, 15) is 14.4 Å². The standard InChI is InChI=1S/C27H31N5O3/c1-15-14-32(26(35)19-7-8-21(27(2,3)4)29-25(19)34)12-10-17(15)20-13-22(31-24(33)16-5-6-16)30-23-18(20)9-11-28-23/h7-11,13,15-16,19H,5-6,12,14H2,1-4H3,(H2,28,30,31,33). The lowest BCUT2D eigenvalue weighted by Crippen LogP contribution is -2.44. The number of carbonyl (C=O) groups excluding carboxylic acids is 3. The number of hydrogen-bond donors (Lipinski definition) is 2. The minimum absolute atomic E-state index is 0.0132. The predicted molar refractivity (Wildman–Crippen MR) is 136 cm³/mol. The van der Waals surface area contributed by atoms with Crippen molar-refractivity contribution in [1.82, 2.24) is 14.9 Å². The topological polar surface area (TPSA) is 108 Å². The number of carbonyl (C=O) groups is 3. The van der Waals surface area contributed by atoms with Crippen LogP contribution in [0.2, 0.25) is 0 Å². The van der Waals surface area contributed by atoms with E-state index in [4.69, 9.17) is 0 Å². The zero-order chi connectivity index (χ0) is 24.9. The third-order valence-corrected chi connectivity index (χ3v) is 6.89. The van der Waals surface area contributed by atoms with Crippen molar-refractivity contribution in [1.29, 1.82) is 0 Å². The van der Waals surface area contributed by atoms with Gasteiger partial charge in [0.2, 0.25) is 11.8 Å². The van der Waals surface area contributed by atoms with Gasteiger partial charge in [0.15, 0.2) is 0 Å². The number of anilines is 1. The molecule has 2 aromatic rings. The van der Waals surface area contributed by atoms with Gasteiger partial charge in [-0.25, -0.2) is 9.98 Å². The monoisotopic (exact) mass is 473 g/mol. The van der Waals surface area contributed by atoms with Crippen molar-refractivity contribution in [3.05, 3.63) is 42.1 Å². The summed E-state index contributed by atoms with van der Waals surface area (Å²) in [6.07, 6.45) is 9.22. The van der Waals surface area contributed by atoms with E-state index in [1.807, 2.05) is 45.2 Å². The van der Waals surface area contributed by atoms with E-state index in [2.05, 4.69) is 27.2 Å². The Kier molecular flexibility index (Phi) is 5.69. The first-order chi connectivity index (χ1) is 16.6. The molecule has 2 aliphatic heterocycles. The largest absolute Gasteiger partial charge is 0.346 e. The number of aliphatic imine (C=N–C) groups is 1. The number of nitrogens with one attached hydrogen (secondary N) is 2. The zero-order valence-corrected chi connectivity index (χ0v) is 20.6. The average Bonchev–Trinajstić information content (AvgIpc) is 3.55. The molecule has 0 bridgehead atoms. The SMILES string of the molecule is CC1CN(C(=O)C2C=CC(C(C)(C)C)=NC2=O)CC=C1c1cc(NC(=O)C2CC2)nc2[nH]ccc12. The number of dihydropyridines is 1. The number of pyridine rings is 1. The van der Waals surface area contributed by atoms with E-state index in [0.717, 1.165) is 29.4 Å². The fourth-order valence-corrected chi connectivity index (χ4v) is 4.68. The molecule has 3 amide bonds. The van der Waals surface area contributed by atoms with Crippen LogP contribution in [0.4, 0.5) is 5.82 Å². The summed E-state index contributed by atoms with van der Waals surface area (Å²) in [5.74, 6) is -0.815. The van der Waals surface area contributed by atoms with Gasteiger partial charge >= 0.3 is 0 Å². The fourth-order valence-electron chi connectivity index (χ4n) is 4.68.